The minimum atomic E-state index is -1.31. The van der Waals surface area contributed by atoms with E-state index in [9.17, 15) is 4.21 Å². The van der Waals surface area contributed by atoms with Gasteiger partial charge in [-0.25, -0.2) is 4.21 Å². The third-order valence-electron chi connectivity index (χ3n) is 5.40. The number of nitrogens with two attached hydrogens (primary N) is 1. The Kier molecular flexibility index (Phi) is 3.93. The fraction of sp³-hybridized carbons (Fsp3) is 0.688. The quantitative estimate of drug-likeness (QED) is 0.896. The highest BCUT2D eigenvalue weighted by atomic mass is 32.2. The molecule has 5 heteroatoms. The van der Waals surface area contributed by atoms with Crippen molar-refractivity contribution in [1.29, 1.82) is 0 Å². The zero-order chi connectivity index (χ0) is 15.1. The second-order valence-corrected chi connectivity index (χ2v) is 8.84. The molecule has 0 amide bonds. The molecule has 4 nitrogen and oxygen atoms in total. The molecule has 0 aromatic carbocycles. The van der Waals surface area contributed by atoms with Gasteiger partial charge in [0, 0.05) is 11.9 Å². The number of aromatic nitrogens is 1. The first kappa shape index (κ1) is 15.1. The molecule has 0 radical (unpaired) electrons. The maximum atomic E-state index is 11.9. The summed E-state index contributed by atoms with van der Waals surface area (Å²) in [6.45, 7) is 6.17. The van der Waals surface area contributed by atoms with Crippen molar-refractivity contribution >= 4 is 11.0 Å². The third kappa shape index (κ3) is 2.67. The summed E-state index contributed by atoms with van der Waals surface area (Å²) in [5.41, 5.74) is 2.87. The normalized spacial score (nSPS) is 25.8. The molecule has 1 fully saturated rings. The molecule has 2 atom stereocenters. The van der Waals surface area contributed by atoms with E-state index in [2.05, 4.69) is 16.4 Å². The largest absolute Gasteiger partial charge is 0.317 e. The lowest BCUT2D eigenvalue weighted by atomic mass is 9.67. The van der Waals surface area contributed by atoms with Crippen molar-refractivity contribution in [2.45, 2.75) is 50.2 Å². The molecule has 1 saturated heterocycles. The number of hydrogen-bond donors (Lipinski definition) is 2. The standard InChI is InChI=1S/C16H25N3OS/c1-15(2,21(17)20)10-13-12-4-3-7-19-14(12)11-16(13)5-8-18-9-6-16/h3-4,7,13,18H,5-6,8-11,17H2,1-2H3/t13-,21?/m0/s1. The molecular weight excluding hydrogens is 282 g/mol. The predicted molar refractivity (Wildman–Crippen MR) is 86.2 cm³/mol. The molecule has 1 aliphatic heterocycles. The van der Waals surface area contributed by atoms with E-state index in [0.717, 1.165) is 25.9 Å². The Balaban J connectivity index is 1.97. The zero-order valence-corrected chi connectivity index (χ0v) is 13.7. The summed E-state index contributed by atoms with van der Waals surface area (Å²) in [6, 6.07) is 4.23. The first-order chi connectivity index (χ1) is 9.95. The van der Waals surface area contributed by atoms with Crippen LogP contribution in [0.25, 0.3) is 0 Å². The highest BCUT2D eigenvalue weighted by Crippen LogP contribution is 2.55. The Morgan fingerprint density at radius 3 is 2.86 bits per heavy atom. The summed E-state index contributed by atoms with van der Waals surface area (Å²) < 4.78 is 11.5. The van der Waals surface area contributed by atoms with Crippen LogP contribution in [-0.2, 0) is 17.4 Å². The van der Waals surface area contributed by atoms with Crippen molar-refractivity contribution < 1.29 is 4.21 Å². The minimum Gasteiger partial charge on any atom is -0.317 e. The second kappa shape index (κ2) is 5.45. The van der Waals surface area contributed by atoms with E-state index in [0.29, 0.717) is 5.92 Å². The van der Waals surface area contributed by atoms with Gasteiger partial charge >= 0.3 is 0 Å². The van der Waals surface area contributed by atoms with Crippen LogP contribution in [0.3, 0.4) is 0 Å². The van der Waals surface area contributed by atoms with Crippen LogP contribution in [0.1, 0.15) is 50.3 Å². The molecule has 3 N–H and O–H groups in total. The summed E-state index contributed by atoms with van der Waals surface area (Å²) in [5, 5.41) is 9.19. The highest BCUT2D eigenvalue weighted by molar-refractivity contribution is 7.84. The number of fused-ring (bicyclic) bond motifs is 1. The van der Waals surface area contributed by atoms with Crippen molar-refractivity contribution in [2.24, 2.45) is 10.6 Å². The van der Waals surface area contributed by atoms with Gasteiger partial charge in [0.1, 0.15) is 0 Å². The van der Waals surface area contributed by atoms with Crippen molar-refractivity contribution in [3.05, 3.63) is 29.6 Å². The van der Waals surface area contributed by atoms with E-state index < -0.39 is 11.0 Å². The summed E-state index contributed by atoms with van der Waals surface area (Å²) in [5.74, 6) is 0.422. The lowest BCUT2D eigenvalue weighted by Crippen LogP contribution is -2.43. The van der Waals surface area contributed by atoms with Crippen LogP contribution in [0.4, 0.5) is 0 Å². The van der Waals surface area contributed by atoms with E-state index in [1.54, 1.807) is 0 Å². The van der Waals surface area contributed by atoms with Crippen LogP contribution in [0.15, 0.2) is 18.3 Å². The SMILES string of the molecule is CC(C)(C[C@H]1c2cccnc2CC12CCNCC2)S(N)=O. The zero-order valence-electron chi connectivity index (χ0n) is 12.9. The third-order valence-corrected chi connectivity index (χ3v) is 6.66. The number of hydrogen-bond acceptors (Lipinski definition) is 3. The van der Waals surface area contributed by atoms with Crippen LogP contribution in [-0.4, -0.2) is 27.0 Å². The van der Waals surface area contributed by atoms with Crippen LogP contribution in [0, 0.1) is 5.41 Å². The van der Waals surface area contributed by atoms with Crippen molar-refractivity contribution in [3.63, 3.8) is 0 Å². The number of piperidine rings is 1. The molecule has 1 spiro atoms. The molecule has 2 heterocycles. The van der Waals surface area contributed by atoms with Gasteiger partial charge in [0.2, 0.25) is 0 Å². The predicted octanol–water partition coefficient (Wildman–Crippen LogP) is 1.88. The first-order valence-electron chi connectivity index (χ1n) is 7.75. The Morgan fingerprint density at radius 2 is 2.19 bits per heavy atom. The van der Waals surface area contributed by atoms with Crippen LogP contribution in [0.2, 0.25) is 0 Å². The maximum Gasteiger partial charge on any atom is 0.0945 e. The molecular formula is C16H25N3OS. The summed E-state index contributed by atoms with van der Waals surface area (Å²) in [7, 11) is -1.31. The maximum absolute atomic E-state index is 11.9. The number of rotatable bonds is 3. The number of pyridine rings is 1. The fourth-order valence-corrected chi connectivity index (χ4v) is 4.38. The van der Waals surface area contributed by atoms with Gasteiger partial charge in [0.15, 0.2) is 0 Å². The molecule has 2 aliphatic rings. The summed E-state index contributed by atoms with van der Waals surface area (Å²) >= 11 is 0. The van der Waals surface area contributed by atoms with Crippen LogP contribution in [0.5, 0.6) is 0 Å². The van der Waals surface area contributed by atoms with Gasteiger partial charge in [-0.15, -0.1) is 0 Å². The second-order valence-electron chi connectivity index (χ2n) is 7.14. The smallest absolute Gasteiger partial charge is 0.0945 e. The van der Waals surface area contributed by atoms with E-state index in [1.165, 1.54) is 24.1 Å². The van der Waals surface area contributed by atoms with E-state index in [-0.39, 0.29) is 10.2 Å². The van der Waals surface area contributed by atoms with E-state index in [4.69, 9.17) is 5.14 Å². The van der Waals surface area contributed by atoms with Gasteiger partial charge in [-0.3, -0.25) is 10.1 Å². The van der Waals surface area contributed by atoms with Crippen LogP contribution < -0.4 is 10.5 Å². The monoisotopic (exact) mass is 307 g/mol. The van der Waals surface area contributed by atoms with Gasteiger partial charge in [-0.1, -0.05) is 6.07 Å². The first-order valence-corrected chi connectivity index (χ1v) is 8.97. The molecule has 116 valence electrons. The molecule has 1 aliphatic carbocycles. The van der Waals surface area contributed by atoms with Gasteiger partial charge in [-0.05, 0) is 75.6 Å². The van der Waals surface area contributed by atoms with Gasteiger partial charge in [-0.2, -0.15) is 0 Å². The Labute approximate surface area is 129 Å². The van der Waals surface area contributed by atoms with Crippen molar-refractivity contribution in [3.8, 4) is 0 Å². The van der Waals surface area contributed by atoms with Gasteiger partial charge in [0.05, 0.1) is 15.7 Å². The minimum absolute atomic E-state index is 0.276. The highest BCUT2D eigenvalue weighted by Gasteiger charge is 2.49. The molecule has 1 aromatic rings. The topological polar surface area (TPSA) is 68.0 Å². The fourth-order valence-electron chi connectivity index (χ4n) is 4.05. The average molecular weight is 307 g/mol. The Bertz CT molecular complexity index is 552. The van der Waals surface area contributed by atoms with Gasteiger partial charge < -0.3 is 5.32 Å². The summed E-state index contributed by atoms with van der Waals surface area (Å²) in [4.78, 5) is 4.61. The molecule has 0 bridgehead atoms. The van der Waals surface area contributed by atoms with Crippen molar-refractivity contribution in [2.75, 3.05) is 13.1 Å². The molecule has 1 unspecified atom stereocenters. The van der Waals surface area contributed by atoms with E-state index >= 15 is 0 Å². The lowest BCUT2D eigenvalue weighted by molar-refractivity contribution is 0.158. The lowest BCUT2D eigenvalue weighted by Gasteiger charge is -2.42. The number of nitrogens with one attached hydrogen (secondary N) is 1. The summed E-state index contributed by atoms with van der Waals surface area (Å²) in [6.07, 6.45) is 6.16. The molecule has 3 rings (SSSR count). The van der Waals surface area contributed by atoms with Crippen LogP contribution >= 0.6 is 0 Å². The average Bonchev–Trinajstić information content (AvgIpc) is 2.73. The molecule has 21 heavy (non-hydrogen) atoms. The Morgan fingerprint density at radius 1 is 1.48 bits per heavy atom. The molecule has 1 aromatic heterocycles. The number of nitrogens with zero attached hydrogens (tertiary/aromatic N) is 1. The van der Waals surface area contributed by atoms with Gasteiger partial charge in [0.25, 0.3) is 0 Å². The molecule has 0 saturated carbocycles. The van der Waals surface area contributed by atoms with Crippen molar-refractivity contribution in [1.82, 2.24) is 10.3 Å². The Hall–Kier alpha value is -0.780. The van der Waals surface area contributed by atoms with E-state index in [1.807, 2.05) is 26.1 Å².